The van der Waals surface area contributed by atoms with E-state index in [0.717, 1.165) is 0 Å². The van der Waals surface area contributed by atoms with Crippen molar-refractivity contribution in [1.29, 1.82) is 0 Å². The molecule has 10 heavy (non-hydrogen) atoms. The first-order chi connectivity index (χ1) is 4.72. The van der Waals surface area contributed by atoms with Gasteiger partial charge in [0.1, 0.15) is 0 Å². The lowest BCUT2D eigenvalue weighted by Gasteiger charge is -1.90. The first-order valence-electron chi connectivity index (χ1n) is 3.67. The van der Waals surface area contributed by atoms with Crippen molar-refractivity contribution in [2.24, 2.45) is 7.05 Å². The van der Waals surface area contributed by atoms with Gasteiger partial charge in [-0.2, -0.15) is 5.10 Å². The van der Waals surface area contributed by atoms with E-state index < -0.39 is 0 Å². The Hall–Kier alpha value is -0.790. The van der Waals surface area contributed by atoms with E-state index in [4.69, 9.17) is 0 Å². The number of hydrogen-bond acceptors (Lipinski definition) is 1. The molecule has 2 nitrogen and oxygen atoms in total. The van der Waals surface area contributed by atoms with Gasteiger partial charge in [-0.25, -0.2) is 0 Å². The number of aryl methyl sites for hydroxylation is 2. The molecule has 0 aromatic carbocycles. The van der Waals surface area contributed by atoms with Crippen LogP contribution >= 0.6 is 0 Å². The molecule has 0 amide bonds. The van der Waals surface area contributed by atoms with Crippen LogP contribution in [0.25, 0.3) is 0 Å². The van der Waals surface area contributed by atoms with Crippen molar-refractivity contribution in [3.05, 3.63) is 17.5 Å². The lowest BCUT2D eigenvalue weighted by atomic mass is 10.3. The molecular formula is C8H16N2. The van der Waals surface area contributed by atoms with Crippen molar-refractivity contribution in [3.63, 3.8) is 0 Å². The molecule has 0 N–H and O–H groups in total. The van der Waals surface area contributed by atoms with E-state index in [1.807, 2.05) is 31.8 Å². The Labute approximate surface area is 62.9 Å². The molecule has 0 atom stereocenters. The molecule has 0 spiro atoms. The van der Waals surface area contributed by atoms with Gasteiger partial charge in [-0.1, -0.05) is 13.8 Å². The Bertz CT molecular complexity index is 170. The summed E-state index contributed by atoms with van der Waals surface area (Å²) in [5.41, 5.74) is 2.50. The Morgan fingerprint density at radius 2 is 1.80 bits per heavy atom. The molecule has 0 fully saturated rings. The molecule has 0 bridgehead atoms. The van der Waals surface area contributed by atoms with Crippen LogP contribution in [0, 0.1) is 13.8 Å². The maximum atomic E-state index is 4.03. The summed E-state index contributed by atoms with van der Waals surface area (Å²) in [6, 6.07) is 0. The third-order valence-corrected chi connectivity index (χ3v) is 1.48. The smallest absolute Gasteiger partial charge is 0.0521 e. The van der Waals surface area contributed by atoms with Gasteiger partial charge in [0.25, 0.3) is 0 Å². The monoisotopic (exact) mass is 140 g/mol. The SMILES string of the molecule is CC.Cc1cnn(C)c1C. The van der Waals surface area contributed by atoms with E-state index in [1.54, 1.807) is 0 Å². The summed E-state index contributed by atoms with van der Waals surface area (Å²) in [5, 5.41) is 4.03. The summed E-state index contributed by atoms with van der Waals surface area (Å²) in [7, 11) is 1.95. The van der Waals surface area contributed by atoms with Gasteiger partial charge >= 0.3 is 0 Å². The highest BCUT2D eigenvalue weighted by Gasteiger charge is 1.93. The van der Waals surface area contributed by atoms with Crippen molar-refractivity contribution < 1.29 is 0 Å². The third-order valence-electron chi connectivity index (χ3n) is 1.48. The molecule has 0 saturated heterocycles. The van der Waals surface area contributed by atoms with Crippen molar-refractivity contribution in [2.45, 2.75) is 27.7 Å². The van der Waals surface area contributed by atoms with Gasteiger partial charge in [0.2, 0.25) is 0 Å². The predicted molar refractivity (Wildman–Crippen MR) is 44.0 cm³/mol. The zero-order valence-electron chi connectivity index (χ0n) is 7.47. The highest BCUT2D eigenvalue weighted by Crippen LogP contribution is 2.00. The number of hydrogen-bond donors (Lipinski definition) is 0. The topological polar surface area (TPSA) is 17.8 Å². The summed E-state index contributed by atoms with van der Waals surface area (Å²) in [4.78, 5) is 0. The average molecular weight is 140 g/mol. The minimum atomic E-state index is 1.24. The summed E-state index contributed by atoms with van der Waals surface area (Å²) in [5.74, 6) is 0. The van der Waals surface area contributed by atoms with Crippen LogP contribution in [0.1, 0.15) is 25.1 Å². The van der Waals surface area contributed by atoms with Crippen LogP contribution in [0.15, 0.2) is 6.20 Å². The fraction of sp³-hybridized carbons (Fsp3) is 0.625. The minimum absolute atomic E-state index is 1.24. The first-order valence-corrected chi connectivity index (χ1v) is 3.67. The average Bonchev–Trinajstić information content (AvgIpc) is 2.25. The van der Waals surface area contributed by atoms with Crippen LogP contribution in [0.3, 0.4) is 0 Å². The second-order valence-electron chi connectivity index (χ2n) is 2.04. The molecule has 1 aromatic heterocycles. The second kappa shape index (κ2) is 4.09. The minimum Gasteiger partial charge on any atom is -0.273 e. The van der Waals surface area contributed by atoms with Gasteiger partial charge in [0.15, 0.2) is 0 Å². The van der Waals surface area contributed by atoms with Crippen LogP contribution in [-0.2, 0) is 7.05 Å². The van der Waals surface area contributed by atoms with Crippen LogP contribution in [0.4, 0.5) is 0 Å². The maximum absolute atomic E-state index is 4.03. The number of rotatable bonds is 0. The first kappa shape index (κ1) is 9.21. The summed E-state index contributed by atoms with van der Waals surface area (Å²) in [6.07, 6.45) is 1.87. The van der Waals surface area contributed by atoms with Crippen molar-refractivity contribution in [2.75, 3.05) is 0 Å². The van der Waals surface area contributed by atoms with E-state index in [2.05, 4.69) is 18.9 Å². The van der Waals surface area contributed by atoms with Gasteiger partial charge in [0, 0.05) is 12.7 Å². The molecule has 2 heteroatoms. The van der Waals surface area contributed by atoms with Crippen LogP contribution in [-0.4, -0.2) is 9.78 Å². The lowest BCUT2D eigenvalue weighted by Crippen LogP contribution is -1.91. The molecule has 58 valence electrons. The van der Waals surface area contributed by atoms with Gasteiger partial charge in [-0.15, -0.1) is 0 Å². The second-order valence-corrected chi connectivity index (χ2v) is 2.04. The lowest BCUT2D eigenvalue weighted by molar-refractivity contribution is 0.739. The number of aromatic nitrogens is 2. The normalized spacial score (nSPS) is 8.50. The van der Waals surface area contributed by atoms with Gasteiger partial charge in [-0.05, 0) is 19.4 Å². The molecule has 1 aromatic rings. The Morgan fingerprint density at radius 3 is 1.90 bits per heavy atom. The van der Waals surface area contributed by atoms with Crippen molar-refractivity contribution >= 4 is 0 Å². The highest BCUT2D eigenvalue weighted by atomic mass is 15.3. The van der Waals surface area contributed by atoms with E-state index in [9.17, 15) is 0 Å². The number of nitrogens with zero attached hydrogens (tertiary/aromatic N) is 2. The molecular weight excluding hydrogens is 124 g/mol. The standard InChI is InChI=1S/C6H10N2.C2H6/c1-5-4-7-8(3)6(5)2;1-2/h4H,1-3H3;1-2H3. The van der Waals surface area contributed by atoms with E-state index in [0.29, 0.717) is 0 Å². The quantitative estimate of drug-likeness (QED) is 0.539. The maximum Gasteiger partial charge on any atom is 0.0521 e. The fourth-order valence-corrected chi connectivity index (χ4v) is 0.608. The molecule has 0 aliphatic heterocycles. The van der Waals surface area contributed by atoms with Crippen molar-refractivity contribution in [1.82, 2.24) is 9.78 Å². The van der Waals surface area contributed by atoms with Crippen LogP contribution < -0.4 is 0 Å². The van der Waals surface area contributed by atoms with Gasteiger partial charge in [-0.3, -0.25) is 4.68 Å². The van der Waals surface area contributed by atoms with Gasteiger partial charge < -0.3 is 0 Å². The highest BCUT2D eigenvalue weighted by molar-refractivity contribution is 5.12. The van der Waals surface area contributed by atoms with Gasteiger partial charge in [0.05, 0.1) is 6.20 Å². The fourth-order valence-electron chi connectivity index (χ4n) is 0.608. The molecule has 1 heterocycles. The summed E-state index contributed by atoms with van der Waals surface area (Å²) < 4.78 is 1.87. The Balaban J connectivity index is 0.000000371. The Morgan fingerprint density at radius 1 is 1.30 bits per heavy atom. The zero-order valence-corrected chi connectivity index (χ0v) is 7.47. The zero-order chi connectivity index (χ0) is 8.15. The summed E-state index contributed by atoms with van der Waals surface area (Å²) in [6.45, 7) is 8.12. The predicted octanol–water partition coefficient (Wildman–Crippen LogP) is 2.06. The molecule has 0 unspecified atom stereocenters. The molecule has 0 aliphatic rings. The van der Waals surface area contributed by atoms with Crippen LogP contribution in [0.2, 0.25) is 0 Å². The van der Waals surface area contributed by atoms with E-state index in [-0.39, 0.29) is 0 Å². The van der Waals surface area contributed by atoms with E-state index in [1.165, 1.54) is 11.3 Å². The molecule has 0 radical (unpaired) electrons. The summed E-state index contributed by atoms with van der Waals surface area (Å²) >= 11 is 0. The Kier molecular flexibility index (Phi) is 3.77. The molecule has 0 aliphatic carbocycles. The van der Waals surface area contributed by atoms with Crippen molar-refractivity contribution in [3.8, 4) is 0 Å². The molecule has 0 saturated carbocycles. The van der Waals surface area contributed by atoms with E-state index >= 15 is 0 Å². The van der Waals surface area contributed by atoms with Crippen LogP contribution in [0.5, 0.6) is 0 Å². The third kappa shape index (κ3) is 1.87. The molecule has 1 rings (SSSR count). The largest absolute Gasteiger partial charge is 0.273 e.